The van der Waals surface area contributed by atoms with E-state index in [1.54, 1.807) is 7.11 Å². The molecule has 3 unspecified atom stereocenters. The molecule has 2 saturated heterocycles. The van der Waals surface area contributed by atoms with Crippen molar-refractivity contribution in [2.45, 2.75) is 76.6 Å². The molecule has 29 heavy (non-hydrogen) atoms. The summed E-state index contributed by atoms with van der Waals surface area (Å²) in [6.07, 6.45) is 9.28. The van der Waals surface area contributed by atoms with Crippen LogP contribution in [0.15, 0.2) is 0 Å². The van der Waals surface area contributed by atoms with Gasteiger partial charge in [-0.1, -0.05) is 19.8 Å². The van der Waals surface area contributed by atoms with Crippen molar-refractivity contribution in [2.24, 2.45) is 5.41 Å². The minimum absolute atomic E-state index is 0.122. The first-order chi connectivity index (χ1) is 14.0. The monoisotopic (exact) mass is 420 g/mol. The van der Waals surface area contributed by atoms with Crippen molar-refractivity contribution in [1.29, 1.82) is 0 Å². The van der Waals surface area contributed by atoms with Gasteiger partial charge in [-0.2, -0.15) is 0 Å². The molecule has 1 saturated carbocycles. The number of nitrogens with one attached hydrogen (secondary N) is 1. The zero-order valence-corrected chi connectivity index (χ0v) is 19.0. The highest BCUT2D eigenvalue weighted by Gasteiger charge is 2.39. The predicted octanol–water partition coefficient (Wildman–Crippen LogP) is 2.85. The van der Waals surface area contributed by atoms with E-state index in [-0.39, 0.29) is 11.5 Å². The SMILES string of the molecule is CN1CCc2nc(N3C4CCC3CNC4)sc2C1.COC(C=O)C1(C)CCCC1. The summed E-state index contributed by atoms with van der Waals surface area (Å²) in [5, 5.41) is 4.84. The molecule has 4 aliphatic rings. The Bertz CT molecular complexity index is 687. The molecule has 1 aliphatic carbocycles. The van der Waals surface area contributed by atoms with Crippen molar-refractivity contribution in [3.8, 4) is 0 Å². The summed E-state index contributed by atoms with van der Waals surface area (Å²) in [4.78, 5) is 22.1. The number of ether oxygens (including phenoxy) is 1. The number of aldehydes is 1. The van der Waals surface area contributed by atoms with Crippen molar-refractivity contribution in [2.75, 3.05) is 38.7 Å². The number of carbonyl (C=O) groups is 1. The fourth-order valence-electron chi connectivity index (χ4n) is 5.48. The van der Waals surface area contributed by atoms with Gasteiger partial charge >= 0.3 is 0 Å². The number of hydrogen-bond donors (Lipinski definition) is 1. The number of rotatable bonds is 4. The van der Waals surface area contributed by atoms with Crippen LogP contribution >= 0.6 is 11.3 Å². The van der Waals surface area contributed by atoms with E-state index < -0.39 is 0 Å². The first kappa shape index (κ1) is 21.2. The van der Waals surface area contributed by atoms with Crippen LogP contribution in [0.5, 0.6) is 0 Å². The lowest BCUT2D eigenvalue weighted by Crippen LogP contribution is -2.51. The maximum absolute atomic E-state index is 10.6. The summed E-state index contributed by atoms with van der Waals surface area (Å²) in [5.74, 6) is 0. The maximum Gasteiger partial charge on any atom is 0.186 e. The largest absolute Gasteiger partial charge is 0.373 e. The number of piperazine rings is 1. The lowest BCUT2D eigenvalue weighted by molar-refractivity contribution is -0.123. The number of nitrogens with zero attached hydrogens (tertiary/aromatic N) is 3. The standard InChI is InChI=1S/C13H20N4S.C9H16O2/c1-16-5-4-11-12(8-16)18-13(15-11)17-9-2-3-10(17)7-14-6-9;1-9(5-3-4-6-9)8(7-10)11-2/h9-10,14H,2-8H2,1H3;7-8H,3-6H2,1-2H3. The molecule has 3 fully saturated rings. The summed E-state index contributed by atoms with van der Waals surface area (Å²) in [5.41, 5.74) is 1.49. The Labute approximate surface area is 179 Å². The molecule has 1 aromatic rings. The molecule has 1 N–H and O–H groups in total. The molecule has 2 bridgehead atoms. The van der Waals surface area contributed by atoms with Crippen LogP contribution in [0.4, 0.5) is 5.13 Å². The molecule has 5 rings (SSSR count). The Morgan fingerprint density at radius 1 is 1.28 bits per heavy atom. The molecule has 0 spiro atoms. The number of hydrogen-bond acceptors (Lipinski definition) is 7. The molecule has 7 heteroatoms. The Morgan fingerprint density at radius 2 is 1.97 bits per heavy atom. The molecule has 0 aromatic carbocycles. The minimum atomic E-state index is -0.190. The highest BCUT2D eigenvalue weighted by Crippen LogP contribution is 2.41. The molecule has 3 atom stereocenters. The zero-order chi connectivity index (χ0) is 20.4. The van der Waals surface area contributed by atoms with Crippen molar-refractivity contribution in [1.82, 2.24) is 15.2 Å². The molecule has 3 aliphatic heterocycles. The third-order valence-electron chi connectivity index (χ3n) is 7.32. The lowest BCUT2D eigenvalue weighted by atomic mass is 9.83. The second-order valence-corrected chi connectivity index (χ2v) is 10.5. The van der Waals surface area contributed by atoms with Gasteiger partial charge in [0.05, 0.1) is 5.69 Å². The smallest absolute Gasteiger partial charge is 0.186 e. The van der Waals surface area contributed by atoms with Gasteiger partial charge in [0, 0.05) is 62.1 Å². The normalized spacial score (nSPS) is 29.1. The summed E-state index contributed by atoms with van der Waals surface area (Å²) in [6, 6.07) is 1.38. The van der Waals surface area contributed by atoms with E-state index in [2.05, 4.69) is 29.1 Å². The average Bonchev–Trinajstić information content (AvgIpc) is 3.39. The summed E-state index contributed by atoms with van der Waals surface area (Å²) in [7, 11) is 3.82. The van der Waals surface area contributed by atoms with Crippen LogP contribution in [-0.4, -0.2) is 68.1 Å². The number of methoxy groups -OCH3 is 1. The van der Waals surface area contributed by atoms with Gasteiger partial charge in [-0.15, -0.1) is 11.3 Å². The molecule has 1 aromatic heterocycles. The molecule has 0 radical (unpaired) electrons. The lowest BCUT2D eigenvalue weighted by Gasteiger charge is -2.35. The first-order valence-corrected chi connectivity index (χ1v) is 12.0. The van der Waals surface area contributed by atoms with Gasteiger partial charge in [-0.05, 0) is 32.7 Å². The van der Waals surface area contributed by atoms with Crippen molar-refractivity contribution in [3.63, 3.8) is 0 Å². The van der Waals surface area contributed by atoms with E-state index in [1.165, 1.54) is 41.4 Å². The summed E-state index contributed by atoms with van der Waals surface area (Å²) < 4.78 is 5.12. The van der Waals surface area contributed by atoms with Gasteiger partial charge in [0.25, 0.3) is 0 Å². The van der Waals surface area contributed by atoms with Gasteiger partial charge in [0.15, 0.2) is 5.13 Å². The van der Waals surface area contributed by atoms with Crippen LogP contribution in [-0.2, 0) is 22.5 Å². The maximum atomic E-state index is 10.6. The molecular formula is C22H36N4O2S. The van der Waals surface area contributed by atoms with Gasteiger partial charge in [0.1, 0.15) is 12.4 Å². The van der Waals surface area contributed by atoms with Gasteiger partial charge < -0.3 is 24.6 Å². The van der Waals surface area contributed by atoms with E-state index >= 15 is 0 Å². The van der Waals surface area contributed by atoms with Crippen LogP contribution < -0.4 is 10.2 Å². The van der Waals surface area contributed by atoms with Crippen LogP contribution in [0.2, 0.25) is 0 Å². The van der Waals surface area contributed by atoms with Crippen LogP contribution in [0.3, 0.4) is 0 Å². The number of likely N-dealkylation sites (N-methyl/N-ethyl adjacent to an activating group) is 1. The van der Waals surface area contributed by atoms with Crippen LogP contribution in [0, 0.1) is 5.41 Å². The first-order valence-electron chi connectivity index (χ1n) is 11.2. The molecule has 0 amide bonds. The second kappa shape index (κ2) is 9.00. The molecule has 4 heterocycles. The topological polar surface area (TPSA) is 57.7 Å². The van der Waals surface area contributed by atoms with E-state index in [9.17, 15) is 4.79 Å². The Morgan fingerprint density at radius 3 is 2.59 bits per heavy atom. The number of anilines is 1. The fourth-order valence-corrected chi connectivity index (χ4v) is 6.81. The van der Waals surface area contributed by atoms with E-state index in [0.717, 1.165) is 51.7 Å². The minimum Gasteiger partial charge on any atom is -0.373 e. The van der Waals surface area contributed by atoms with Gasteiger partial charge in [-0.3, -0.25) is 0 Å². The Hall–Kier alpha value is -1.02. The van der Waals surface area contributed by atoms with E-state index in [1.807, 2.05) is 11.3 Å². The third-order valence-corrected chi connectivity index (χ3v) is 8.42. The highest BCUT2D eigenvalue weighted by molar-refractivity contribution is 7.15. The van der Waals surface area contributed by atoms with Gasteiger partial charge in [-0.25, -0.2) is 4.98 Å². The average molecular weight is 421 g/mol. The number of fused-ring (bicyclic) bond motifs is 3. The number of carbonyl (C=O) groups excluding carboxylic acids is 1. The number of aromatic nitrogens is 1. The highest BCUT2D eigenvalue weighted by atomic mass is 32.1. The molecule has 162 valence electrons. The van der Waals surface area contributed by atoms with Gasteiger partial charge in [0.2, 0.25) is 0 Å². The zero-order valence-electron chi connectivity index (χ0n) is 18.2. The number of thiazole rings is 1. The van der Waals surface area contributed by atoms with Crippen LogP contribution in [0.1, 0.15) is 56.0 Å². The summed E-state index contributed by atoms with van der Waals surface area (Å²) >= 11 is 1.94. The molecule has 6 nitrogen and oxygen atoms in total. The Kier molecular flexibility index (Phi) is 6.59. The fraction of sp³-hybridized carbons (Fsp3) is 0.818. The van der Waals surface area contributed by atoms with E-state index in [4.69, 9.17) is 9.72 Å². The van der Waals surface area contributed by atoms with Crippen LogP contribution in [0.25, 0.3) is 0 Å². The van der Waals surface area contributed by atoms with E-state index in [0.29, 0.717) is 12.1 Å². The quantitative estimate of drug-likeness (QED) is 0.756. The molecular weight excluding hydrogens is 384 g/mol. The third kappa shape index (κ3) is 4.38. The predicted molar refractivity (Wildman–Crippen MR) is 118 cm³/mol. The summed E-state index contributed by atoms with van der Waals surface area (Å²) in [6.45, 7) is 6.67. The second-order valence-electron chi connectivity index (χ2n) is 9.46. The van der Waals surface area contributed by atoms with Crippen molar-refractivity contribution in [3.05, 3.63) is 10.6 Å². The Balaban J connectivity index is 0.000000161. The van der Waals surface area contributed by atoms with Crippen molar-refractivity contribution >= 4 is 22.8 Å². The van der Waals surface area contributed by atoms with Crippen molar-refractivity contribution < 1.29 is 9.53 Å².